The number of anilines is 2. The predicted molar refractivity (Wildman–Crippen MR) is 155 cm³/mol. The first-order chi connectivity index (χ1) is 21.7. The lowest BCUT2D eigenvalue weighted by molar-refractivity contribution is 0.284. The number of hydrogen-bond donors (Lipinski definition) is 6. The molecule has 3 aromatic rings. The Balaban J connectivity index is 2.20. The number of benzene rings is 3. The number of nitrogens with zero attached hydrogens (tertiary/aromatic N) is 4. The molecule has 21 nitrogen and oxygen atoms in total. The van der Waals surface area contributed by atoms with E-state index < -0.39 is 128 Å². The Morgan fingerprint density at radius 3 is 1.75 bits per heavy atom. The number of sulfone groups is 1. The zero-order valence-electron chi connectivity index (χ0n) is 22.9. The highest BCUT2D eigenvalue weighted by molar-refractivity contribution is 7.91. The standard InChI is InChI=1S/C20H18F2N6O15S5/c21-9-5-11(22)20(47(37,38)39)14(6-9)27-28-19-17(23)13(8-16(18(19)24)46(34,35)36)26-25-12-2-1-10(7-15(12)45(31,32)33)44(29,30)4-3-43-48(40,41)42/h1-2,5-8H,3-4,23-24H2,(H,31,32,33)(H,34,35,36)(H,37,38,39)(H,40,41,42). The van der Waals surface area contributed by atoms with Crippen molar-refractivity contribution in [1.82, 2.24) is 0 Å². The van der Waals surface area contributed by atoms with Gasteiger partial charge in [-0.2, -0.15) is 33.7 Å². The summed E-state index contributed by atoms with van der Waals surface area (Å²) in [5, 5.41) is 13.6. The highest BCUT2D eigenvalue weighted by atomic mass is 32.3. The van der Waals surface area contributed by atoms with Crippen LogP contribution in [0.3, 0.4) is 0 Å². The Labute approximate surface area is 269 Å². The molecule has 0 aromatic heterocycles. The van der Waals surface area contributed by atoms with Gasteiger partial charge < -0.3 is 11.5 Å². The van der Waals surface area contributed by atoms with Gasteiger partial charge in [0, 0.05) is 12.1 Å². The van der Waals surface area contributed by atoms with Gasteiger partial charge in [-0.1, -0.05) is 0 Å². The molecule has 0 fully saturated rings. The second kappa shape index (κ2) is 13.4. The maximum absolute atomic E-state index is 14.1. The molecule has 0 aliphatic heterocycles. The van der Waals surface area contributed by atoms with E-state index in [9.17, 15) is 64.5 Å². The van der Waals surface area contributed by atoms with E-state index in [1.165, 1.54) is 0 Å². The van der Waals surface area contributed by atoms with Crippen molar-refractivity contribution in [3.05, 3.63) is 48.0 Å². The third kappa shape index (κ3) is 9.27. The predicted octanol–water partition coefficient (Wildman–Crippen LogP) is 2.29. The molecule has 8 N–H and O–H groups in total. The van der Waals surface area contributed by atoms with Crippen LogP contribution in [0.25, 0.3) is 0 Å². The van der Waals surface area contributed by atoms with Gasteiger partial charge in [-0.25, -0.2) is 21.4 Å². The van der Waals surface area contributed by atoms with Gasteiger partial charge in [-0.15, -0.1) is 20.5 Å². The summed E-state index contributed by atoms with van der Waals surface area (Å²) in [5.41, 5.74) is 6.04. The Morgan fingerprint density at radius 1 is 0.646 bits per heavy atom. The van der Waals surface area contributed by atoms with Crippen molar-refractivity contribution < 1.29 is 73.3 Å². The number of halogens is 2. The van der Waals surface area contributed by atoms with E-state index in [0.29, 0.717) is 24.3 Å². The molecule has 0 unspecified atom stereocenters. The highest BCUT2D eigenvalue weighted by Crippen LogP contribution is 2.44. The molecular formula is C20H18F2N6O15S5. The van der Waals surface area contributed by atoms with Crippen LogP contribution in [0.4, 0.5) is 42.9 Å². The smallest absolute Gasteiger partial charge is 0.396 e. The van der Waals surface area contributed by atoms with E-state index in [1.807, 2.05) is 0 Å². The summed E-state index contributed by atoms with van der Waals surface area (Å²) in [5.74, 6) is -4.33. The lowest BCUT2D eigenvalue weighted by Crippen LogP contribution is -2.16. The zero-order chi connectivity index (χ0) is 36.6. The van der Waals surface area contributed by atoms with Gasteiger partial charge in [0.25, 0.3) is 30.4 Å². The van der Waals surface area contributed by atoms with Crippen LogP contribution >= 0.6 is 0 Å². The second-order valence-corrected chi connectivity index (χ2v) is 16.2. The van der Waals surface area contributed by atoms with Crippen LogP contribution in [0.15, 0.2) is 76.4 Å². The molecule has 0 spiro atoms. The van der Waals surface area contributed by atoms with Crippen LogP contribution < -0.4 is 11.5 Å². The largest absolute Gasteiger partial charge is 0.397 e. The van der Waals surface area contributed by atoms with E-state index in [-0.39, 0.29) is 12.1 Å². The van der Waals surface area contributed by atoms with Crippen molar-refractivity contribution in [3.8, 4) is 0 Å². The molecule has 0 saturated carbocycles. The number of rotatable bonds is 12. The molecule has 0 saturated heterocycles. The number of nitrogen functional groups attached to an aromatic ring is 2. The maximum Gasteiger partial charge on any atom is 0.397 e. The molecule has 0 amide bonds. The van der Waals surface area contributed by atoms with Gasteiger partial charge in [-0.05, 0) is 24.3 Å². The van der Waals surface area contributed by atoms with E-state index >= 15 is 0 Å². The van der Waals surface area contributed by atoms with Crippen molar-refractivity contribution in [1.29, 1.82) is 0 Å². The van der Waals surface area contributed by atoms with Crippen molar-refractivity contribution in [2.75, 3.05) is 23.8 Å². The van der Waals surface area contributed by atoms with E-state index in [1.54, 1.807) is 0 Å². The van der Waals surface area contributed by atoms with Crippen LogP contribution in [-0.4, -0.2) is 72.7 Å². The van der Waals surface area contributed by atoms with Gasteiger partial charge in [-0.3, -0.25) is 18.2 Å². The summed E-state index contributed by atoms with van der Waals surface area (Å²) < 4.78 is 187. The average Bonchev–Trinajstić information content (AvgIpc) is 2.89. The number of nitrogens with two attached hydrogens (primary N) is 2. The fourth-order valence-corrected chi connectivity index (χ4v) is 7.04. The Hall–Kier alpha value is -4.13. The first kappa shape index (κ1) is 38.3. The molecular weight excluding hydrogens is 763 g/mol. The van der Waals surface area contributed by atoms with Crippen LogP contribution in [0, 0.1) is 11.6 Å². The molecule has 3 rings (SSSR count). The Kier molecular flexibility index (Phi) is 10.7. The van der Waals surface area contributed by atoms with Crippen LogP contribution in [0.5, 0.6) is 0 Å². The first-order valence-corrected chi connectivity index (χ1v) is 19.0. The fraction of sp³-hybridized carbons (Fsp3) is 0.100. The highest BCUT2D eigenvalue weighted by Gasteiger charge is 2.26. The minimum Gasteiger partial charge on any atom is -0.396 e. The third-order valence-corrected chi connectivity index (χ3v) is 10.4. The van der Waals surface area contributed by atoms with E-state index in [2.05, 4.69) is 24.6 Å². The maximum atomic E-state index is 14.1. The topological polar surface area (TPSA) is 362 Å². The van der Waals surface area contributed by atoms with Crippen molar-refractivity contribution >= 4 is 84.7 Å². The molecule has 48 heavy (non-hydrogen) atoms. The molecule has 0 aliphatic rings. The van der Waals surface area contributed by atoms with Crippen LogP contribution in [0.1, 0.15) is 0 Å². The van der Waals surface area contributed by atoms with E-state index in [0.717, 1.165) is 0 Å². The average molecular weight is 781 g/mol. The van der Waals surface area contributed by atoms with Crippen molar-refractivity contribution in [3.63, 3.8) is 0 Å². The summed E-state index contributed by atoms with van der Waals surface area (Å²) in [4.78, 5) is -4.82. The van der Waals surface area contributed by atoms with Gasteiger partial charge in [0.15, 0.2) is 14.7 Å². The summed E-state index contributed by atoms with van der Waals surface area (Å²) in [6.07, 6.45) is 0. The lowest BCUT2D eigenvalue weighted by Gasteiger charge is -2.11. The van der Waals surface area contributed by atoms with Crippen LogP contribution in [-0.2, 0) is 54.8 Å². The molecule has 28 heteroatoms. The van der Waals surface area contributed by atoms with Gasteiger partial charge in [0.2, 0.25) is 0 Å². The SMILES string of the molecule is Nc1c(N=Nc2ccc(S(=O)(=O)CCOS(=O)(=O)O)cc2S(=O)(=O)O)cc(S(=O)(=O)O)c(N)c1N=Nc1cc(F)cc(F)c1S(=O)(=O)O. The molecule has 0 atom stereocenters. The van der Waals surface area contributed by atoms with Gasteiger partial charge in [0.05, 0.1) is 28.6 Å². The van der Waals surface area contributed by atoms with Crippen molar-refractivity contribution in [2.24, 2.45) is 20.5 Å². The van der Waals surface area contributed by atoms with Crippen LogP contribution in [0.2, 0.25) is 0 Å². The fourth-order valence-electron chi connectivity index (χ4n) is 3.50. The van der Waals surface area contributed by atoms with Gasteiger partial charge in [0.1, 0.15) is 44.2 Å². The van der Waals surface area contributed by atoms with E-state index in [4.69, 9.17) is 16.0 Å². The number of hydrogen-bond acceptors (Lipinski definition) is 17. The Morgan fingerprint density at radius 2 is 1.21 bits per heavy atom. The van der Waals surface area contributed by atoms with Gasteiger partial charge >= 0.3 is 10.4 Å². The third-order valence-electron chi connectivity index (χ3n) is 5.52. The summed E-state index contributed by atoms with van der Waals surface area (Å²) >= 11 is 0. The zero-order valence-corrected chi connectivity index (χ0v) is 27.0. The minimum absolute atomic E-state index is 0.0729. The monoisotopic (exact) mass is 780 g/mol. The molecule has 262 valence electrons. The molecule has 0 heterocycles. The Bertz CT molecular complexity index is 2440. The normalized spacial score (nSPS) is 13.5. The minimum atomic E-state index is -5.40. The summed E-state index contributed by atoms with van der Waals surface area (Å²) in [7, 11) is -25.6. The van der Waals surface area contributed by atoms with Crippen molar-refractivity contribution in [2.45, 2.75) is 19.6 Å². The first-order valence-electron chi connectivity index (χ1n) is 11.7. The second-order valence-electron chi connectivity index (χ2n) is 8.83. The summed E-state index contributed by atoms with van der Waals surface area (Å²) in [6, 6.07) is 2.58. The lowest BCUT2D eigenvalue weighted by atomic mass is 10.2. The quantitative estimate of drug-likeness (QED) is 0.0872. The molecule has 0 aliphatic carbocycles. The molecule has 0 radical (unpaired) electrons. The molecule has 0 bridgehead atoms. The summed E-state index contributed by atoms with van der Waals surface area (Å²) in [6.45, 7) is -1.10. The number of azo groups is 2. The molecule has 3 aromatic carbocycles.